The Morgan fingerprint density at radius 2 is 1.74 bits per heavy atom. The Morgan fingerprint density at radius 1 is 1.05 bits per heavy atom. The molecule has 96 valence electrons. The highest BCUT2D eigenvalue weighted by molar-refractivity contribution is 6.37. The molecule has 0 spiro atoms. The zero-order chi connectivity index (χ0) is 13.8. The molecule has 2 aromatic rings. The molecule has 19 heavy (non-hydrogen) atoms. The molecule has 0 saturated carbocycles. The van der Waals surface area contributed by atoms with Gasteiger partial charge in [0.1, 0.15) is 5.75 Å². The van der Waals surface area contributed by atoms with Gasteiger partial charge < -0.3 is 5.11 Å². The Hall–Kier alpha value is -1.77. The smallest absolute Gasteiger partial charge is 0.187 e. The van der Waals surface area contributed by atoms with E-state index in [9.17, 15) is 4.79 Å². The van der Waals surface area contributed by atoms with Crippen molar-refractivity contribution in [2.45, 2.75) is 0 Å². The van der Waals surface area contributed by atoms with E-state index < -0.39 is 0 Å². The lowest BCUT2D eigenvalue weighted by molar-refractivity contribution is 0.104. The Morgan fingerprint density at radius 3 is 2.37 bits per heavy atom. The molecule has 0 saturated heterocycles. The molecule has 0 heterocycles. The van der Waals surface area contributed by atoms with Crippen LogP contribution in [0.25, 0.3) is 6.08 Å². The summed E-state index contributed by atoms with van der Waals surface area (Å²) in [6.45, 7) is 0. The van der Waals surface area contributed by atoms with Gasteiger partial charge in [0.2, 0.25) is 0 Å². The fourth-order valence-electron chi connectivity index (χ4n) is 1.54. The minimum absolute atomic E-state index is 0.184. The van der Waals surface area contributed by atoms with Gasteiger partial charge in [-0.3, -0.25) is 4.79 Å². The summed E-state index contributed by atoms with van der Waals surface area (Å²) in [7, 11) is 0. The van der Waals surface area contributed by atoms with Crippen molar-refractivity contribution in [2.75, 3.05) is 0 Å². The zero-order valence-electron chi connectivity index (χ0n) is 9.81. The van der Waals surface area contributed by atoms with Crippen LogP contribution in [0.1, 0.15) is 15.9 Å². The van der Waals surface area contributed by atoms with E-state index in [1.165, 1.54) is 12.1 Å². The number of rotatable bonds is 3. The first-order valence-electron chi connectivity index (χ1n) is 5.53. The van der Waals surface area contributed by atoms with Gasteiger partial charge in [0.25, 0.3) is 0 Å². The van der Waals surface area contributed by atoms with Gasteiger partial charge in [0.05, 0.1) is 5.02 Å². The van der Waals surface area contributed by atoms with Crippen LogP contribution in [0.2, 0.25) is 10.0 Å². The van der Waals surface area contributed by atoms with E-state index in [-0.39, 0.29) is 11.5 Å². The van der Waals surface area contributed by atoms with Crippen LogP contribution in [-0.4, -0.2) is 10.9 Å². The summed E-state index contributed by atoms with van der Waals surface area (Å²) in [5, 5.41) is 9.97. The Labute approximate surface area is 120 Å². The van der Waals surface area contributed by atoms with E-state index in [2.05, 4.69) is 0 Å². The van der Waals surface area contributed by atoms with Crippen LogP contribution in [0.3, 0.4) is 0 Å². The maximum absolute atomic E-state index is 12.0. The number of carbonyl (C=O) groups excluding carboxylic acids is 1. The quantitative estimate of drug-likeness (QED) is 0.663. The second-order valence-corrected chi connectivity index (χ2v) is 4.76. The van der Waals surface area contributed by atoms with Crippen LogP contribution in [-0.2, 0) is 0 Å². The number of carbonyl (C=O) groups is 1. The number of benzene rings is 2. The number of ketones is 1. The van der Waals surface area contributed by atoms with Crippen molar-refractivity contribution in [1.29, 1.82) is 0 Å². The molecule has 2 aromatic carbocycles. The first kappa shape index (κ1) is 13.7. The van der Waals surface area contributed by atoms with Gasteiger partial charge in [-0.1, -0.05) is 41.4 Å². The second kappa shape index (κ2) is 5.91. The summed E-state index contributed by atoms with van der Waals surface area (Å²) in [5.41, 5.74) is 1.22. The van der Waals surface area contributed by atoms with Crippen molar-refractivity contribution in [3.8, 4) is 5.75 Å². The molecule has 4 heteroatoms. The standard InChI is InChI=1S/C15H10Cl2O2/c16-11-4-7-13(14(17)9-11)15(19)8-3-10-1-5-12(18)6-2-10/h1-9,18H. The van der Waals surface area contributed by atoms with Crippen LogP contribution in [0, 0.1) is 0 Å². The molecule has 0 unspecified atom stereocenters. The number of hydrogen-bond acceptors (Lipinski definition) is 2. The maximum atomic E-state index is 12.0. The van der Waals surface area contributed by atoms with Crippen LogP contribution in [0.5, 0.6) is 5.75 Å². The maximum Gasteiger partial charge on any atom is 0.187 e. The third-order valence-corrected chi connectivity index (χ3v) is 3.06. The average molecular weight is 293 g/mol. The Kier molecular flexibility index (Phi) is 4.25. The first-order valence-corrected chi connectivity index (χ1v) is 6.28. The fourth-order valence-corrected chi connectivity index (χ4v) is 2.04. The molecule has 0 radical (unpaired) electrons. The lowest BCUT2D eigenvalue weighted by Gasteiger charge is -2.00. The lowest BCUT2D eigenvalue weighted by Crippen LogP contribution is -1.95. The summed E-state index contributed by atoms with van der Waals surface area (Å²) in [5.74, 6) is -0.0148. The Balaban J connectivity index is 2.18. The normalized spacial score (nSPS) is 10.8. The van der Waals surface area contributed by atoms with Gasteiger partial charge in [-0.05, 0) is 42.0 Å². The molecule has 0 amide bonds. The first-order chi connectivity index (χ1) is 9.06. The fraction of sp³-hybridized carbons (Fsp3) is 0. The molecular weight excluding hydrogens is 283 g/mol. The highest BCUT2D eigenvalue weighted by Gasteiger charge is 2.07. The number of allylic oxidation sites excluding steroid dienone is 1. The molecular formula is C15H10Cl2O2. The number of halogens is 2. The summed E-state index contributed by atoms with van der Waals surface area (Å²) >= 11 is 11.7. The molecule has 0 aliphatic carbocycles. The molecule has 0 bridgehead atoms. The largest absolute Gasteiger partial charge is 0.508 e. The van der Waals surface area contributed by atoms with Gasteiger partial charge >= 0.3 is 0 Å². The number of hydrogen-bond donors (Lipinski definition) is 1. The predicted octanol–water partition coefficient (Wildman–Crippen LogP) is 4.60. The van der Waals surface area contributed by atoms with Crippen LogP contribution in [0.4, 0.5) is 0 Å². The second-order valence-electron chi connectivity index (χ2n) is 3.91. The lowest BCUT2D eigenvalue weighted by atomic mass is 10.1. The van der Waals surface area contributed by atoms with Crippen LogP contribution < -0.4 is 0 Å². The topological polar surface area (TPSA) is 37.3 Å². The van der Waals surface area contributed by atoms with Crippen LogP contribution >= 0.6 is 23.2 Å². The highest BCUT2D eigenvalue weighted by Crippen LogP contribution is 2.22. The minimum Gasteiger partial charge on any atom is -0.508 e. The SMILES string of the molecule is O=C(C=Cc1ccc(O)cc1)c1ccc(Cl)cc1Cl. The molecule has 1 N–H and O–H groups in total. The summed E-state index contributed by atoms with van der Waals surface area (Å²) in [6, 6.07) is 11.3. The molecule has 0 aliphatic heterocycles. The van der Waals surface area contributed by atoms with Crippen molar-refractivity contribution < 1.29 is 9.90 Å². The van der Waals surface area contributed by atoms with Crippen molar-refractivity contribution in [1.82, 2.24) is 0 Å². The van der Waals surface area contributed by atoms with Gasteiger partial charge in [-0.15, -0.1) is 0 Å². The Bertz CT molecular complexity index is 631. The van der Waals surface area contributed by atoms with Crippen LogP contribution in [0.15, 0.2) is 48.5 Å². The summed E-state index contributed by atoms with van der Waals surface area (Å²) < 4.78 is 0. The third-order valence-electron chi connectivity index (χ3n) is 2.52. The van der Waals surface area contributed by atoms with Gasteiger partial charge in [-0.25, -0.2) is 0 Å². The van der Waals surface area contributed by atoms with E-state index in [1.807, 2.05) is 0 Å². The highest BCUT2D eigenvalue weighted by atomic mass is 35.5. The van der Waals surface area contributed by atoms with E-state index in [4.69, 9.17) is 28.3 Å². The number of aromatic hydroxyl groups is 1. The van der Waals surface area contributed by atoms with Crippen molar-refractivity contribution in [3.05, 3.63) is 69.7 Å². The van der Waals surface area contributed by atoms with E-state index in [0.29, 0.717) is 15.6 Å². The predicted molar refractivity (Wildman–Crippen MR) is 77.9 cm³/mol. The number of phenolic OH excluding ortho intramolecular Hbond substituents is 1. The average Bonchev–Trinajstić information content (AvgIpc) is 2.37. The number of phenols is 1. The summed E-state index contributed by atoms with van der Waals surface area (Å²) in [4.78, 5) is 12.0. The molecule has 0 fully saturated rings. The molecule has 2 rings (SSSR count). The zero-order valence-corrected chi connectivity index (χ0v) is 11.3. The monoisotopic (exact) mass is 292 g/mol. The molecule has 0 aliphatic rings. The third kappa shape index (κ3) is 3.60. The molecule has 0 atom stereocenters. The molecule has 2 nitrogen and oxygen atoms in total. The van der Waals surface area contributed by atoms with Gasteiger partial charge in [0.15, 0.2) is 5.78 Å². The molecule has 0 aromatic heterocycles. The van der Waals surface area contributed by atoms with E-state index >= 15 is 0 Å². The van der Waals surface area contributed by atoms with E-state index in [0.717, 1.165) is 5.56 Å². The van der Waals surface area contributed by atoms with Crippen molar-refractivity contribution in [2.24, 2.45) is 0 Å². The van der Waals surface area contributed by atoms with Crippen molar-refractivity contribution >= 4 is 35.1 Å². The van der Waals surface area contributed by atoms with Gasteiger partial charge in [0, 0.05) is 10.6 Å². The van der Waals surface area contributed by atoms with Gasteiger partial charge in [-0.2, -0.15) is 0 Å². The summed E-state index contributed by atoms with van der Waals surface area (Å²) in [6.07, 6.45) is 3.09. The minimum atomic E-state index is -0.199. The van der Waals surface area contributed by atoms with Crippen molar-refractivity contribution in [3.63, 3.8) is 0 Å². The van der Waals surface area contributed by atoms with E-state index in [1.54, 1.807) is 42.5 Å².